The molecule has 0 unspecified atom stereocenters. The van der Waals surface area contributed by atoms with Crippen molar-refractivity contribution in [3.63, 3.8) is 0 Å². The lowest BCUT2D eigenvalue weighted by Gasteiger charge is -2.21. The van der Waals surface area contributed by atoms with Crippen LogP contribution in [0.3, 0.4) is 0 Å². The largest absolute Gasteiger partial charge is 0.269 e. The minimum absolute atomic E-state index is 0.245. The smallest absolute Gasteiger partial charge is 0.0680 e. The predicted molar refractivity (Wildman–Crippen MR) is 58.4 cm³/mol. The zero-order valence-electron chi connectivity index (χ0n) is 9.45. The molecule has 1 fully saturated rings. The van der Waals surface area contributed by atoms with Gasteiger partial charge in [-0.15, -0.1) is 0 Å². The third kappa shape index (κ3) is 1.84. The molecule has 1 aromatic heterocycles. The van der Waals surface area contributed by atoms with Crippen LogP contribution in [0.1, 0.15) is 58.2 Å². The van der Waals surface area contributed by atoms with E-state index in [9.17, 15) is 0 Å². The molecule has 0 spiro atoms. The number of hydrogen-bond acceptors (Lipinski definition) is 1. The zero-order valence-corrected chi connectivity index (χ0v) is 9.45. The highest BCUT2D eigenvalue weighted by molar-refractivity contribution is 5.12. The second-order valence-electron chi connectivity index (χ2n) is 5.05. The number of nitrogens with zero attached hydrogens (tertiary/aromatic N) is 2. The molecule has 78 valence electrons. The molecule has 2 heteroatoms. The van der Waals surface area contributed by atoms with Crippen LogP contribution in [0.2, 0.25) is 0 Å². The molecule has 2 rings (SSSR count). The summed E-state index contributed by atoms with van der Waals surface area (Å²) in [4.78, 5) is 0. The van der Waals surface area contributed by atoms with Crippen LogP contribution in [0.5, 0.6) is 0 Å². The van der Waals surface area contributed by atoms with Crippen molar-refractivity contribution in [3.05, 3.63) is 18.0 Å². The molecule has 1 aliphatic rings. The molecular weight excluding hydrogens is 172 g/mol. The topological polar surface area (TPSA) is 17.8 Å². The maximum atomic E-state index is 4.68. The van der Waals surface area contributed by atoms with Gasteiger partial charge in [0.25, 0.3) is 0 Å². The van der Waals surface area contributed by atoms with Crippen LogP contribution in [-0.4, -0.2) is 9.78 Å². The van der Waals surface area contributed by atoms with Gasteiger partial charge in [0.1, 0.15) is 0 Å². The Kier molecular flexibility index (Phi) is 2.38. The Bertz CT molecular complexity index is 308. The Balaban J connectivity index is 2.14. The summed E-state index contributed by atoms with van der Waals surface area (Å²) in [6.45, 7) is 6.81. The van der Waals surface area contributed by atoms with Gasteiger partial charge in [-0.2, -0.15) is 5.10 Å². The second kappa shape index (κ2) is 3.41. The average molecular weight is 192 g/mol. The zero-order chi connectivity index (χ0) is 10.2. The minimum atomic E-state index is 0.245. The fourth-order valence-corrected chi connectivity index (χ4v) is 1.99. The summed E-state index contributed by atoms with van der Waals surface area (Å²) >= 11 is 0. The maximum Gasteiger partial charge on any atom is 0.0680 e. The van der Waals surface area contributed by atoms with E-state index >= 15 is 0 Å². The molecule has 2 nitrogen and oxygen atoms in total. The van der Waals surface area contributed by atoms with Gasteiger partial charge in [-0.3, -0.25) is 4.68 Å². The van der Waals surface area contributed by atoms with Crippen molar-refractivity contribution in [1.29, 1.82) is 0 Å². The first-order chi connectivity index (χ1) is 6.63. The standard InChI is InChI=1S/C12H20N2/c1-4-8-12(2,3)11-7-9-14(13-11)10-5-6-10/h7,9-10H,4-6,8H2,1-3H3. The van der Waals surface area contributed by atoms with E-state index in [4.69, 9.17) is 0 Å². The number of hydrogen-bond donors (Lipinski definition) is 0. The molecule has 0 aromatic carbocycles. The third-order valence-corrected chi connectivity index (χ3v) is 3.10. The van der Waals surface area contributed by atoms with Crippen molar-refractivity contribution in [2.75, 3.05) is 0 Å². The Hall–Kier alpha value is -0.790. The van der Waals surface area contributed by atoms with E-state index in [0.29, 0.717) is 6.04 Å². The van der Waals surface area contributed by atoms with Crippen LogP contribution in [0.15, 0.2) is 12.3 Å². The molecule has 1 aromatic rings. The van der Waals surface area contributed by atoms with Crippen molar-refractivity contribution in [2.45, 2.75) is 57.9 Å². The molecule has 14 heavy (non-hydrogen) atoms. The average Bonchev–Trinajstić information content (AvgIpc) is 2.83. The van der Waals surface area contributed by atoms with E-state index in [2.05, 4.69) is 42.8 Å². The summed E-state index contributed by atoms with van der Waals surface area (Å²) in [7, 11) is 0. The molecule has 0 atom stereocenters. The first-order valence-corrected chi connectivity index (χ1v) is 5.69. The Morgan fingerprint density at radius 1 is 1.50 bits per heavy atom. The Morgan fingerprint density at radius 2 is 2.21 bits per heavy atom. The summed E-state index contributed by atoms with van der Waals surface area (Å²) in [6.07, 6.45) is 7.22. The van der Waals surface area contributed by atoms with Crippen molar-refractivity contribution in [1.82, 2.24) is 9.78 Å². The molecule has 0 bridgehead atoms. The lowest BCUT2D eigenvalue weighted by Crippen LogP contribution is -2.17. The first-order valence-electron chi connectivity index (χ1n) is 5.69. The van der Waals surface area contributed by atoms with E-state index in [1.165, 1.54) is 31.4 Å². The molecule has 1 saturated carbocycles. The maximum absolute atomic E-state index is 4.68. The van der Waals surface area contributed by atoms with Gasteiger partial charge in [0.2, 0.25) is 0 Å². The van der Waals surface area contributed by atoms with Crippen molar-refractivity contribution in [3.8, 4) is 0 Å². The SMILES string of the molecule is CCCC(C)(C)c1ccn(C2CC2)n1. The van der Waals surface area contributed by atoms with Gasteiger partial charge in [-0.25, -0.2) is 0 Å². The van der Waals surface area contributed by atoms with Crippen LogP contribution < -0.4 is 0 Å². The van der Waals surface area contributed by atoms with E-state index < -0.39 is 0 Å². The van der Waals surface area contributed by atoms with E-state index in [-0.39, 0.29) is 5.41 Å². The quantitative estimate of drug-likeness (QED) is 0.715. The lowest BCUT2D eigenvalue weighted by molar-refractivity contribution is 0.449. The molecule has 0 aliphatic heterocycles. The summed E-state index contributed by atoms with van der Waals surface area (Å²) in [5.74, 6) is 0. The molecular formula is C12H20N2. The van der Waals surface area contributed by atoms with Gasteiger partial charge >= 0.3 is 0 Å². The molecule has 0 N–H and O–H groups in total. The van der Waals surface area contributed by atoms with Crippen LogP contribution in [0.4, 0.5) is 0 Å². The monoisotopic (exact) mass is 192 g/mol. The van der Waals surface area contributed by atoms with Crippen molar-refractivity contribution < 1.29 is 0 Å². The normalized spacial score (nSPS) is 17.4. The third-order valence-electron chi connectivity index (χ3n) is 3.10. The summed E-state index contributed by atoms with van der Waals surface area (Å²) < 4.78 is 2.15. The first kappa shape index (κ1) is 9.75. The highest BCUT2D eigenvalue weighted by Crippen LogP contribution is 2.35. The highest BCUT2D eigenvalue weighted by atomic mass is 15.3. The van der Waals surface area contributed by atoms with Crippen LogP contribution >= 0.6 is 0 Å². The molecule has 1 aliphatic carbocycles. The Labute approximate surface area is 86.3 Å². The second-order valence-corrected chi connectivity index (χ2v) is 5.05. The van der Waals surface area contributed by atoms with Gasteiger partial charge in [0.15, 0.2) is 0 Å². The van der Waals surface area contributed by atoms with Crippen LogP contribution in [0.25, 0.3) is 0 Å². The molecule has 0 amide bonds. The minimum Gasteiger partial charge on any atom is -0.269 e. The summed E-state index contributed by atoms with van der Waals surface area (Å²) in [6, 6.07) is 2.90. The van der Waals surface area contributed by atoms with Gasteiger partial charge < -0.3 is 0 Å². The van der Waals surface area contributed by atoms with Gasteiger partial charge in [0.05, 0.1) is 11.7 Å². The summed E-state index contributed by atoms with van der Waals surface area (Å²) in [5, 5.41) is 4.68. The fraction of sp³-hybridized carbons (Fsp3) is 0.750. The van der Waals surface area contributed by atoms with Crippen molar-refractivity contribution >= 4 is 0 Å². The number of aromatic nitrogens is 2. The van der Waals surface area contributed by atoms with Gasteiger partial charge in [-0.05, 0) is 25.3 Å². The number of rotatable bonds is 4. The van der Waals surface area contributed by atoms with Gasteiger partial charge in [-0.1, -0.05) is 27.2 Å². The Morgan fingerprint density at radius 3 is 2.79 bits per heavy atom. The molecule has 1 heterocycles. The van der Waals surface area contributed by atoms with E-state index in [0.717, 1.165) is 0 Å². The predicted octanol–water partition coefficient (Wildman–Crippen LogP) is 3.30. The van der Waals surface area contributed by atoms with E-state index in [1.807, 2.05) is 0 Å². The van der Waals surface area contributed by atoms with E-state index in [1.54, 1.807) is 0 Å². The molecule has 0 radical (unpaired) electrons. The summed E-state index contributed by atoms with van der Waals surface area (Å²) in [5.41, 5.74) is 1.50. The fourth-order valence-electron chi connectivity index (χ4n) is 1.99. The van der Waals surface area contributed by atoms with Crippen LogP contribution in [-0.2, 0) is 5.41 Å². The van der Waals surface area contributed by atoms with Crippen LogP contribution in [0, 0.1) is 0 Å². The lowest BCUT2D eigenvalue weighted by atomic mass is 9.85. The molecule has 0 saturated heterocycles. The van der Waals surface area contributed by atoms with Crippen molar-refractivity contribution in [2.24, 2.45) is 0 Å². The van der Waals surface area contributed by atoms with Gasteiger partial charge in [0, 0.05) is 11.6 Å². The highest BCUT2D eigenvalue weighted by Gasteiger charge is 2.27.